The lowest BCUT2D eigenvalue weighted by molar-refractivity contribution is 0.0690. The fourth-order valence-electron chi connectivity index (χ4n) is 4.81. The first-order chi connectivity index (χ1) is 20.8. The molecule has 3 heterocycles. The van der Waals surface area contributed by atoms with E-state index >= 15 is 4.39 Å². The van der Waals surface area contributed by atoms with E-state index in [-0.39, 0.29) is 47.1 Å². The molecule has 3 aromatic heterocycles. The second-order valence-corrected chi connectivity index (χ2v) is 10.5. The number of ether oxygens (including phenoxy) is 1. The molecule has 0 radical (unpaired) electrons. The van der Waals surface area contributed by atoms with E-state index in [4.69, 9.17) is 10.00 Å². The second kappa shape index (κ2) is 11.2. The number of alkyl halides is 1. The van der Waals surface area contributed by atoms with E-state index in [0.29, 0.717) is 41.9 Å². The monoisotopic (exact) mass is 584 g/mol. The van der Waals surface area contributed by atoms with Crippen LogP contribution in [0.15, 0.2) is 60.8 Å². The second-order valence-electron chi connectivity index (χ2n) is 10.5. The van der Waals surface area contributed by atoms with Crippen molar-refractivity contribution in [1.82, 2.24) is 24.5 Å². The third kappa shape index (κ3) is 5.74. The Labute approximate surface area is 243 Å². The predicted molar refractivity (Wildman–Crippen MR) is 148 cm³/mol. The van der Waals surface area contributed by atoms with Crippen LogP contribution in [0.3, 0.4) is 0 Å². The maximum absolute atomic E-state index is 15.4. The van der Waals surface area contributed by atoms with Gasteiger partial charge in [0.2, 0.25) is 0 Å². The summed E-state index contributed by atoms with van der Waals surface area (Å²) in [6, 6.07) is 14.9. The minimum atomic E-state index is -1.18. The third-order valence-corrected chi connectivity index (χ3v) is 7.47. The smallest absolute Gasteiger partial charge is 0.354 e. The Bertz CT molecular complexity index is 1920. The summed E-state index contributed by atoms with van der Waals surface area (Å²) in [5, 5.41) is 18.3. The molecular weight excluding hydrogens is 561 g/mol. The summed E-state index contributed by atoms with van der Waals surface area (Å²) in [6.45, 7) is -0.404. The van der Waals surface area contributed by atoms with E-state index in [2.05, 4.69) is 19.9 Å². The Morgan fingerprint density at radius 1 is 1.05 bits per heavy atom. The zero-order valence-electron chi connectivity index (χ0n) is 22.6. The minimum Gasteiger partial charge on any atom is -0.477 e. The number of carboxylic acids is 1. The molecule has 0 aliphatic heterocycles. The van der Waals surface area contributed by atoms with Gasteiger partial charge in [-0.15, -0.1) is 0 Å². The average Bonchev–Trinajstić information content (AvgIpc) is 3.71. The molecule has 0 amide bonds. The van der Waals surface area contributed by atoms with Gasteiger partial charge < -0.3 is 14.4 Å². The average molecular weight is 585 g/mol. The zero-order valence-corrected chi connectivity index (χ0v) is 22.6. The van der Waals surface area contributed by atoms with Crippen LogP contribution in [0, 0.1) is 28.4 Å². The highest BCUT2D eigenvalue weighted by molar-refractivity contribution is 5.88. The van der Waals surface area contributed by atoms with Crippen LogP contribution in [0.2, 0.25) is 0 Å². The van der Waals surface area contributed by atoms with Crippen LogP contribution in [0.4, 0.5) is 13.2 Å². The molecule has 1 fully saturated rings. The van der Waals surface area contributed by atoms with Gasteiger partial charge in [0.05, 0.1) is 24.0 Å². The van der Waals surface area contributed by atoms with Crippen molar-refractivity contribution in [1.29, 1.82) is 5.26 Å². The highest BCUT2D eigenvalue weighted by Gasteiger charge is 2.44. The molecular formula is C31H23F3N6O3. The lowest BCUT2D eigenvalue weighted by atomic mass is 10.1. The van der Waals surface area contributed by atoms with Crippen molar-refractivity contribution in [3.05, 3.63) is 101 Å². The zero-order chi connectivity index (χ0) is 30.1. The molecule has 43 heavy (non-hydrogen) atoms. The molecule has 1 N–H and O–H groups in total. The first-order valence-electron chi connectivity index (χ1n) is 13.4. The number of halogens is 3. The number of fused-ring (bicyclic) bond motifs is 1. The first-order valence-corrected chi connectivity index (χ1v) is 13.4. The van der Waals surface area contributed by atoms with Gasteiger partial charge in [0.15, 0.2) is 11.3 Å². The fraction of sp³-hybridized carbons (Fsp3) is 0.226. The molecule has 0 bridgehead atoms. The minimum absolute atomic E-state index is 0.0754. The van der Waals surface area contributed by atoms with Crippen LogP contribution in [-0.4, -0.2) is 42.3 Å². The summed E-state index contributed by atoms with van der Waals surface area (Å²) in [6.07, 6.45) is 3.02. The Morgan fingerprint density at radius 2 is 1.88 bits per heavy atom. The molecule has 0 spiro atoms. The summed E-state index contributed by atoms with van der Waals surface area (Å²) in [5.74, 6) is -1.82. The topological polar surface area (TPSA) is 127 Å². The predicted octanol–water partition coefficient (Wildman–Crippen LogP) is 5.66. The molecule has 5 aromatic rings. The maximum atomic E-state index is 15.4. The van der Waals surface area contributed by atoms with Gasteiger partial charge in [-0.2, -0.15) is 10.2 Å². The largest absolute Gasteiger partial charge is 0.477 e. The van der Waals surface area contributed by atoms with Crippen molar-refractivity contribution in [3.8, 4) is 23.3 Å². The number of aromatic carboxylic acids is 1. The lowest BCUT2D eigenvalue weighted by Crippen LogP contribution is -2.17. The van der Waals surface area contributed by atoms with Crippen LogP contribution >= 0.6 is 0 Å². The summed E-state index contributed by atoms with van der Waals surface area (Å²) >= 11 is 0. The van der Waals surface area contributed by atoms with Gasteiger partial charge in [0, 0.05) is 35.7 Å². The molecule has 9 nitrogen and oxygen atoms in total. The van der Waals surface area contributed by atoms with E-state index < -0.39 is 29.7 Å². The normalized spacial score (nSPS) is 13.5. The van der Waals surface area contributed by atoms with Gasteiger partial charge in [0.25, 0.3) is 0 Å². The highest BCUT2D eigenvalue weighted by Crippen LogP contribution is 2.48. The Balaban J connectivity index is 1.24. The number of nitrogens with zero attached hydrogens (tertiary/aromatic N) is 6. The fourth-order valence-corrected chi connectivity index (χ4v) is 4.81. The third-order valence-electron chi connectivity index (χ3n) is 7.47. The maximum Gasteiger partial charge on any atom is 0.354 e. The van der Waals surface area contributed by atoms with Crippen LogP contribution in [0.1, 0.15) is 45.8 Å². The number of hydrogen-bond acceptors (Lipinski definition) is 7. The van der Waals surface area contributed by atoms with Gasteiger partial charge in [-0.05, 0) is 60.9 Å². The van der Waals surface area contributed by atoms with E-state index in [0.717, 1.165) is 6.07 Å². The van der Waals surface area contributed by atoms with Gasteiger partial charge in [-0.3, -0.25) is 4.39 Å². The van der Waals surface area contributed by atoms with Gasteiger partial charge >= 0.3 is 12.0 Å². The summed E-state index contributed by atoms with van der Waals surface area (Å²) in [4.78, 5) is 28.7. The first kappa shape index (κ1) is 27.8. The Hall–Kier alpha value is -5.31. The molecule has 12 heteroatoms. The number of pyridine rings is 1. The number of carbonyl (C=O) groups is 1. The molecule has 1 aliphatic rings. The number of aromatic nitrogens is 5. The van der Waals surface area contributed by atoms with Crippen LogP contribution in [-0.2, 0) is 19.6 Å². The van der Waals surface area contributed by atoms with E-state index in [1.807, 2.05) is 6.07 Å². The van der Waals surface area contributed by atoms with Crippen LogP contribution in [0.5, 0.6) is 6.01 Å². The van der Waals surface area contributed by atoms with Crippen molar-refractivity contribution < 1.29 is 27.8 Å². The van der Waals surface area contributed by atoms with Gasteiger partial charge in [-0.25, -0.2) is 28.5 Å². The van der Waals surface area contributed by atoms with E-state index in [9.17, 15) is 18.7 Å². The molecule has 0 atom stereocenters. The molecule has 1 saturated carbocycles. The number of hydrogen-bond donors (Lipinski definition) is 1. The summed E-state index contributed by atoms with van der Waals surface area (Å²) in [5.41, 5.74) is 1.58. The van der Waals surface area contributed by atoms with E-state index in [1.165, 1.54) is 36.5 Å². The van der Waals surface area contributed by atoms with Crippen LogP contribution in [0.25, 0.3) is 22.4 Å². The van der Waals surface area contributed by atoms with E-state index in [1.54, 1.807) is 22.8 Å². The number of imidazole rings is 1. The SMILES string of the molecule is N#Cc1ccc(COc2nccc(-c3ccc(Cc4nc5ccc(C(=O)O)nc5n4CC4(CF)CC4)cc3F)n2)c(F)c1. The Kier molecular flexibility index (Phi) is 7.23. The molecule has 0 unspecified atom stereocenters. The summed E-state index contributed by atoms with van der Waals surface area (Å²) < 4.78 is 50.7. The molecule has 0 saturated heterocycles. The molecule has 6 rings (SSSR count). The van der Waals surface area contributed by atoms with Gasteiger partial charge in [-0.1, -0.05) is 12.1 Å². The van der Waals surface area contributed by atoms with Crippen molar-refractivity contribution in [2.75, 3.05) is 6.67 Å². The number of rotatable bonds is 10. The quantitative estimate of drug-likeness (QED) is 0.223. The Morgan fingerprint density at radius 3 is 2.58 bits per heavy atom. The van der Waals surface area contributed by atoms with Crippen molar-refractivity contribution in [3.63, 3.8) is 0 Å². The standard InChI is InChI=1S/C31H23F3N6O3/c32-16-31(8-9-31)17-40-27(37-25-5-6-26(29(41)42)38-28(25)40)13-18-2-4-21(23(34)11-18)24-7-10-36-30(39-24)43-15-20-3-1-19(14-35)12-22(20)33/h1-7,10-12H,8-9,13,15-17H2,(H,41,42). The summed E-state index contributed by atoms with van der Waals surface area (Å²) in [7, 11) is 0. The molecule has 1 aliphatic carbocycles. The highest BCUT2D eigenvalue weighted by atomic mass is 19.1. The number of nitriles is 1. The van der Waals surface area contributed by atoms with Crippen LogP contribution < -0.4 is 4.74 Å². The van der Waals surface area contributed by atoms with Crippen molar-refractivity contribution >= 4 is 17.1 Å². The number of carboxylic acid groups (broad SMARTS) is 1. The van der Waals surface area contributed by atoms with Crippen molar-refractivity contribution in [2.24, 2.45) is 5.41 Å². The lowest BCUT2D eigenvalue weighted by Gasteiger charge is -2.15. The molecule has 2 aromatic carbocycles. The number of benzene rings is 2. The molecule has 216 valence electrons. The van der Waals surface area contributed by atoms with Gasteiger partial charge in [0.1, 0.15) is 29.6 Å². The van der Waals surface area contributed by atoms with Crippen molar-refractivity contribution in [2.45, 2.75) is 32.4 Å².